The Hall–Kier alpha value is -16.4. The third kappa shape index (κ3) is 11.1. The SMILES string of the molecule is c1ccc(-n2c3ccccc3c3c(-c4nc(N5c6ccccc6-c6cccc7cccc5c67)nc5ccccc45)cccc32)cc1.c1ccc2c(c1)-c1cccc3cccc(c13)N2c1nc(-c2ccc3c(c2)sc2ccccc23)c2ccccc2n1.c1ccc2c(c1)-c1cccc3cccc(c13)N2c1nc(-c2cccc3c2sc2ccccc23)c2ccccc2n1. The summed E-state index contributed by atoms with van der Waals surface area (Å²) in [5, 5.41) is 18.0. The van der Waals surface area contributed by atoms with Gasteiger partial charge in [0.15, 0.2) is 0 Å². The lowest BCUT2D eigenvalue weighted by Crippen LogP contribution is -2.18. The van der Waals surface area contributed by atoms with Crippen molar-refractivity contribution in [3.05, 3.63) is 413 Å². The van der Waals surface area contributed by atoms with E-state index in [-0.39, 0.29) is 0 Å². The van der Waals surface area contributed by atoms with Crippen LogP contribution in [0, 0.1) is 0 Å². The molecular formula is C114H68N10S2. The molecule has 25 aromatic rings. The quantitative estimate of drug-likeness (QED) is 0.155. The highest BCUT2D eigenvalue weighted by Gasteiger charge is 2.34. The van der Waals surface area contributed by atoms with Crippen LogP contribution in [0.1, 0.15) is 0 Å². The summed E-state index contributed by atoms with van der Waals surface area (Å²) in [5.74, 6) is 2.02. The molecule has 10 nitrogen and oxygen atoms in total. The second-order valence-electron chi connectivity index (χ2n) is 32.2. The summed E-state index contributed by atoms with van der Waals surface area (Å²) < 4.78 is 7.48. The van der Waals surface area contributed by atoms with Gasteiger partial charge in [-0.05, 0) is 130 Å². The Labute approximate surface area is 731 Å². The largest absolute Gasteiger partial charge is 0.309 e. The normalized spacial score (nSPS) is 12.4. The molecule has 3 aliphatic rings. The molecule has 3 aliphatic heterocycles. The van der Waals surface area contributed by atoms with Crippen molar-refractivity contribution in [2.45, 2.75) is 0 Å². The zero-order valence-electron chi connectivity index (χ0n) is 67.5. The summed E-state index contributed by atoms with van der Waals surface area (Å²) >= 11 is 3.67. The van der Waals surface area contributed by atoms with Gasteiger partial charge in [-0.3, -0.25) is 14.7 Å². The molecule has 19 aromatic carbocycles. The van der Waals surface area contributed by atoms with Gasteiger partial charge in [-0.1, -0.05) is 315 Å². The van der Waals surface area contributed by atoms with Gasteiger partial charge in [0, 0.05) is 123 Å². The summed E-state index contributed by atoms with van der Waals surface area (Å²) in [6.45, 7) is 0. The van der Waals surface area contributed by atoms with Crippen molar-refractivity contribution in [2.24, 2.45) is 0 Å². The summed E-state index contributed by atoms with van der Waals surface area (Å²) in [6.07, 6.45) is 0. The molecule has 28 rings (SSSR count). The third-order valence-electron chi connectivity index (χ3n) is 25.3. The average molecular weight is 1640 g/mol. The van der Waals surface area contributed by atoms with E-state index < -0.39 is 0 Å². The molecule has 0 spiro atoms. The van der Waals surface area contributed by atoms with E-state index in [1.807, 2.05) is 22.7 Å². The molecule has 0 fully saturated rings. The zero-order chi connectivity index (χ0) is 82.6. The number of hydrogen-bond acceptors (Lipinski definition) is 11. The predicted octanol–water partition coefficient (Wildman–Crippen LogP) is 31.5. The van der Waals surface area contributed by atoms with Gasteiger partial charge in [-0.15, -0.1) is 22.7 Å². The van der Waals surface area contributed by atoms with Gasteiger partial charge in [0.05, 0.1) is 78.8 Å². The fourth-order valence-corrected chi connectivity index (χ4v) is 22.3. The Balaban J connectivity index is 0.000000101. The first-order chi connectivity index (χ1) is 62.5. The molecule has 0 saturated carbocycles. The van der Waals surface area contributed by atoms with Crippen LogP contribution in [-0.4, -0.2) is 34.5 Å². The standard InChI is InChI=1S/C42H26N4.2C36H21N3S/c1-2-15-28(16-3-1)45-36-24-9-6-19-32(36)40-33(21-12-26-38(40)45)41-31-18-4-7-22-34(31)43-42(44-41)46-35-23-8-5-17-29(35)30-20-10-13-27-14-11-25-37(46)39(27)30;1-4-18-29-27(14-1)34(28-17-9-16-26-24-13-3-6-21-32(24)40-35(26)28)38-36(37-29)39-30-19-5-2-12-23(30)25-15-7-10-22-11-8-20-31(39)33(22)25;1-4-15-29-28(13-1)35(23-19-20-26-25-12-3-6-18-32(25)40-33(26)21-23)38-36(37-29)39-30-16-5-2-11-24(30)27-14-7-9-22-10-8-17-31(39)34(22)27/h1-26H;2*1-21H. The number of aromatic nitrogens is 7. The minimum atomic E-state index is 0.659. The Morgan fingerprint density at radius 1 is 0.198 bits per heavy atom. The summed E-state index contributed by atoms with van der Waals surface area (Å²) in [7, 11) is 0. The molecule has 0 atom stereocenters. The lowest BCUT2D eigenvalue weighted by atomic mass is 9.91. The first kappa shape index (κ1) is 71.4. The van der Waals surface area contributed by atoms with E-state index in [1.165, 1.54) is 122 Å². The molecule has 0 amide bonds. The molecule has 0 saturated heterocycles. The number of hydrogen-bond donors (Lipinski definition) is 0. The Kier molecular flexibility index (Phi) is 16.2. The number of para-hydroxylation sites is 8. The molecule has 12 heteroatoms. The minimum Gasteiger partial charge on any atom is -0.309 e. The van der Waals surface area contributed by atoms with E-state index in [4.69, 9.17) is 29.9 Å². The van der Waals surface area contributed by atoms with Gasteiger partial charge < -0.3 is 4.57 Å². The maximum absolute atomic E-state index is 5.50. The van der Waals surface area contributed by atoms with E-state index in [2.05, 4.69) is 432 Å². The molecule has 0 unspecified atom stereocenters. The number of thiophene rings is 2. The van der Waals surface area contributed by atoms with Crippen LogP contribution in [0.15, 0.2) is 413 Å². The highest BCUT2D eigenvalue weighted by molar-refractivity contribution is 7.26. The lowest BCUT2D eigenvalue weighted by molar-refractivity contribution is 1.11. The molecule has 6 aromatic heterocycles. The van der Waals surface area contributed by atoms with Crippen LogP contribution in [0.5, 0.6) is 0 Å². The molecular weight excluding hydrogens is 1570 g/mol. The average Bonchev–Trinajstić information content (AvgIpc) is 0.837. The number of nitrogens with zero attached hydrogens (tertiary/aromatic N) is 10. The van der Waals surface area contributed by atoms with Gasteiger partial charge in [0.1, 0.15) is 0 Å². The van der Waals surface area contributed by atoms with Crippen LogP contribution in [0.2, 0.25) is 0 Å². The Morgan fingerprint density at radius 2 is 0.548 bits per heavy atom. The van der Waals surface area contributed by atoms with E-state index in [1.54, 1.807) is 0 Å². The molecule has 0 N–H and O–H groups in total. The lowest BCUT2D eigenvalue weighted by Gasteiger charge is -2.32. The molecule has 0 bridgehead atoms. The first-order valence-corrected chi connectivity index (χ1v) is 44.1. The van der Waals surface area contributed by atoms with Gasteiger partial charge in [-0.2, -0.15) is 0 Å². The Morgan fingerprint density at radius 3 is 1.08 bits per heavy atom. The zero-order valence-corrected chi connectivity index (χ0v) is 69.2. The van der Waals surface area contributed by atoms with Crippen molar-refractivity contribution < 1.29 is 0 Å². The van der Waals surface area contributed by atoms with E-state index in [0.29, 0.717) is 17.8 Å². The van der Waals surface area contributed by atoms with Crippen LogP contribution in [-0.2, 0) is 0 Å². The van der Waals surface area contributed by atoms with Crippen LogP contribution < -0.4 is 14.7 Å². The van der Waals surface area contributed by atoms with Crippen LogP contribution in [0.4, 0.5) is 52.0 Å². The molecule has 586 valence electrons. The Bertz CT molecular complexity index is 8860. The van der Waals surface area contributed by atoms with Gasteiger partial charge in [-0.25, -0.2) is 29.9 Å². The van der Waals surface area contributed by atoms with E-state index in [9.17, 15) is 0 Å². The highest BCUT2D eigenvalue weighted by Crippen LogP contribution is 2.56. The number of benzene rings is 19. The van der Waals surface area contributed by atoms with Gasteiger partial charge >= 0.3 is 0 Å². The number of anilines is 9. The molecule has 0 radical (unpaired) electrons. The van der Waals surface area contributed by atoms with Crippen molar-refractivity contribution >= 4 is 202 Å². The van der Waals surface area contributed by atoms with Crippen LogP contribution >= 0.6 is 22.7 Å². The smallest absolute Gasteiger partial charge is 0.235 e. The first-order valence-electron chi connectivity index (χ1n) is 42.5. The monoisotopic (exact) mass is 1640 g/mol. The van der Waals surface area contributed by atoms with Gasteiger partial charge in [0.25, 0.3) is 0 Å². The molecule has 126 heavy (non-hydrogen) atoms. The van der Waals surface area contributed by atoms with Crippen molar-refractivity contribution in [1.29, 1.82) is 0 Å². The molecule has 0 aliphatic carbocycles. The van der Waals surface area contributed by atoms with Crippen molar-refractivity contribution in [1.82, 2.24) is 34.5 Å². The number of fused-ring (bicyclic) bond motifs is 18. The highest BCUT2D eigenvalue weighted by atomic mass is 32.1. The summed E-state index contributed by atoms with van der Waals surface area (Å²) in [5.41, 5.74) is 26.2. The maximum atomic E-state index is 5.50. The fourth-order valence-electron chi connectivity index (χ4n) is 19.9. The molecule has 9 heterocycles. The van der Waals surface area contributed by atoms with Crippen LogP contribution in [0.3, 0.4) is 0 Å². The second kappa shape index (κ2) is 28.6. The maximum Gasteiger partial charge on any atom is 0.235 e. The van der Waals surface area contributed by atoms with Gasteiger partial charge in [0.2, 0.25) is 17.8 Å². The summed E-state index contributed by atoms with van der Waals surface area (Å²) in [4.78, 5) is 38.5. The van der Waals surface area contributed by atoms with Crippen LogP contribution in [0.25, 0.3) is 200 Å². The summed E-state index contributed by atoms with van der Waals surface area (Å²) in [6, 6.07) is 146. The number of rotatable bonds is 7. The topological polar surface area (TPSA) is 92.0 Å². The van der Waals surface area contributed by atoms with E-state index >= 15 is 0 Å². The fraction of sp³-hybridized carbons (Fsp3) is 0. The van der Waals surface area contributed by atoms with Crippen molar-refractivity contribution in [3.63, 3.8) is 0 Å². The second-order valence-corrected chi connectivity index (χ2v) is 34.4. The third-order valence-corrected chi connectivity index (χ3v) is 27.7. The minimum absolute atomic E-state index is 0.659. The van der Waals surface area contributed by atoms with E-state index in [0.717, 1.165) is 112 Å². The predicted molar refractivity (Wildman–Crippen MR) is 529 cm³/mol. The van der Waals surface area contributed by atoms with Crippen molar-refractivity contribution in [3.8, 4) is 72.8 Å². The van der Waals surface area contributed by atoms with Crippen molar-refractivity contribution in [2.75, 3.05) is 14.7 Å².